The van der Waals surface area contributed by atoms with Gasteiger partial charge in [0.25, 0.3) is 0 Å². The first-order chi connectivity index (χ1) is 5.60. The summed E-state index contributed by atoms with van der Waals surface area (Å²) in [5.41, 5.74) is 0. The van der Waals surface area contributed by atoms with Gasteiger partial charge in [-0.2, -0.15) is 0 Å². The van der Waals surface area contributed by atoms with Gasteiger partial charge in [-0.25, -0.2) is 4.57 Å². The van der Waals surface area contributed by atoms with Crippen molar-refractivity contribution in [1.29, 1.82) is 0 Å². The van der Waals surface area contributed by atoms with Crippen molar-refractivity contribution >= 4 is 8.25 Å². The molecule has 0 fully saturated rings. The highest BCUT2D eigenvalue weighted by Gasteiger charge is 2.10. The van der Waals surface area contributed by atoms with E-state index in [0.717, 1.165) is 12.8 Å². The molecule has 0 spiro atoms. The molecular formula is C8H18O3P. The zero-order chi connectivity index (χ0) is 9.56. The SMILES string of the molecule is CCC(C)O[P](=O)OC(C)CC. The van der Waals surface area contributed by atoms with Crippen molar-refractivity contribution in [2.24, 2.45) is 0 Å². The standard InChI is InChI=1S/C8H18O3P/c1-5-7(3)10-12(9)11-8(4)6-2/h7-8H,5-6H2,1-4H3. The number of rotatable bonds is 6. The molecule has 3 nitrogen and oxygen atoms in total. The van der Waals surface area contributed by atoms with Crippen LogP contribution in [0.15, 0.2) is 0 Å². The minimum Gasteiger partial charge on any atom is -0.280 e. The van der Waals surface area contributed by atoms with E-state index in [1.54, 1.807) is 0 Å². The molecule has 0 amide bonds. The third-order valence-electron chi connectivity index (χ3n) is 1.68. The van der Waals surface area contributed by atoms with Gasteiger partial charge in [-0.05, 0) is 26.7 Å². The van der Waals surface area contributed by atoms with Gasteiger partial charge in [-0.1, -0.05) is 13.8 Å². The number of hydrogen-bond donors (Lipinski definition) is 0. The zero-order valence-corrected chi connectivity index (χ0v) is 9.14. The summed E-state index contributed by atoms with van der Waals surface area (Å²) in [6, 6.07) is 0. The van der Waals surface area contributed by atoms with Crippen LogP contribution in [0.5, 0.6) is 0 Å². The Kier molecular flexibility index (Phi) is 6.54. The van der Waals surface area contributed by atoms with Gasteiger partial charge >= 0.3 is 8.25 Å². The van der Waals surface area contributed by atoms with E-state index in [9.17, 15) is 4.57 Å². The Balaban J connectivity index is 3.59. The van der Waals surface area contributed by atoms with E-state index in [-0.39, 0.29) is 12.2 Å². The maximum Gasteiger partial charge on any atom is 0.369 e. The molecule has 2 unspecified atom stereocenters. The molecule has 0 bridgehead atoms. The van der Waals surface area contributed by atoms with Crippen LogP contribution in [0.25, 0.3) is 0 Å². The van der Waals surface area contributed by atoms with E-state index in [0.29, 0.717) is 0 Å². The second-order valence-corrected chi connectivity index (χ2v) is 3.74. The average Bonchev–Trinajstić information content (AvgIpc) is 2.03. The predicted octanol–water partition coefficient (Wildman–Crippen LogP) is 3.27. The van der Waals surface area contributed by atoms with Crippen LogP contribution in [0.3, 0.4) is 0 Å². The van der Waals surface area contributed by atoms with Crippen LogP contribution in [0.4, 0.5) is 0 Å². The van der Waals surface area contributed by atoms with Gasteiger partial charge in [-0.3, -0.25) is 9.05 Å². The smallest absolute Gasteiger partial charge is 0.280 e. The molecule has 12 heavy (non-hydrogen) atoms. The van der Waals surface area contributed by atoms with Gasteiger partial charge < -0.3 is 0 Å². The summed E-state index contributed by atoms with van der Waals surface area (Å²) in [4.78, 5) is 0. The summed E-state index contributed by atoms with van der Waals surface area (Å²) in [6.07, 6.45) is 1.73. The van der Waals surface area contributed by atoms with Gasteiger partial charge in [0, 0.05) is 0 Å². The Morgan fingerprint density at radius 1 is 1.08 bits per heavy atom. The average molecular weight is 193 g/mol. The quantitative estimate of drug-likeness (QED) is 0.607. The third-order valence-corrected chi connectivity index (χ3v) is 2.75. The summed E-state index contributed by atoms with van der Waals surface area (Å²) in [5.74, 6) is 0. The van der Waals surface area contributed by atoms with Crippen LogP contribution in [0, 0.1) is 0 Å². The molecule has 0 aliphatic carbocycles. The third kappa shape index (κ3) is 5.64. The van der Waals surface area contributed by atoms with Gasteiger partial charge in [0.15, 0.2) is 0 Å². The molecule has 0 heterocycles. The molecule has 0 rings (SSSR count). The van der Waals surface area contributed by atoms with E-state index in [1.165, 1.54) is 0 Å². The van der Waals surface area contributed by atoms with Crippen molar-refractivity contribution in [2.45, 2.75) is 52.7 Å². The predicted molar refractivity (Wildman–Crippen MR) is 49.3 cm³/mol. The van der Waals surface area contributed by atoms with Crippen molar-refractivity contribution in [3.8, 4) is 0 Å². The molecule has 0 aromatic carbocycles. The van der Waals surface area contributed by atoms with Crippen LogP contribution >= 0.6 is 8.25 Å². The maximum absolute atomic E-state index is 11.1. The van der Waals surface area contributed by atoms with E-state index in [2.05, 4.69) is 0 Å². The molecule has 4 heteroatoms. The molecule has 73 valence electrons. The van der Waals surface area contributed by atoms with Crippen LogP contribution in [0.1, 0.15) is 40.5 Å². The molecule has 0 N–H and O–H groups in total. The van der Waals surface area contributed by atoms with Crippen molar-refractivity contribution in [3.05, 3.63) is 0 Å². The molecule has 2 atom stereocenters. The molecular weight excluding hydrogens is 175 g/mol. The molecule has 0 saturated heterocycles. The van der Waals surface area contributed by atoms with Gasteiger partial charge in [0.1, 0.15) is 0 Å². The largest absolute Gasteiger partial charge is 0.369 e. The van der Waals surface area contributed by atoms with E-state index in [1.807, 2.05) is 27.7 Å². The van der Waals surface area contributed by atoms with Gasteiger partial charge in [0.2, 0.25) is 0 Å². The second-order valence-electron chi connectivity index (χ2n) is 2.87. The Morgan fingerprint density at radius 3 is 1.67 bits per heavy atom. The summed E-state index contributed by atoms with van der Waals surface area (Å²) < 4.78 is 21.2. The second kappa shape index (κ2) is 6.53. The minimum atomic E-state index is -1.92. The summed E-state index contributed by atoms with van der Waals surface area (Å²) in [7, 11) is -1.92. The first-order valence-electron chi connectivity index (χ1n) is 4.40. The Morgan fingerprint density at radius 2 is 1.42 bits per heavy atom. The molecule has 1 radical (unpaired) electrons. The Labute approximate surface area is 75.4 Å². The molecule has 0 aromatic heterocycles. The summed E-state index contributed by atoms with van der Waals surface area (Å²) in [5, 5.41) is 0. The highest BCUT2D eigenvalue weighted by atomic mass is 31.1. The fraction of sp³-hybridized carbons (Fsp3) is 1.00. The van der Waals surface area contributed by atoms with Crippen LogP contribution in [-0.2, 0) is 13.6 Å². The Hall–Kier alpha value is 0.0200. The lowest BCUT2D eigenvalue weighted by molar-refractivity contribution is 0.141. The minimum absolute atomic E-state index is 0.0117. The monoisotopic (exact) mass is 193 g/mol. The topological polar surface area (TPSA) is 35.5 Å². The van der Waals surface area contributed by atoms with Crippen molar-refractivity contribution in [2.75, 3.05) is 0 Å². The molecule has 0 aliphatic heterocycles. The Bertz CT molecular complexity index is 124. The first kappa shape index (κ1) is 12.0. The van der Waals surface area contributed by atoms with Crippen molar-refractivity contribution in [3.63, 3.8) is 0 Å². The van der Waals surface area contributed by atoms with Gasteiger partial charge in [-0.15, -0.1) is 0 Å². The van der Waals surface area contributed by atoms with Crippen LogP contribution < -0.4 is 0 Å². The van der Waals surface area contributed by atoms with E-state index >= 15 is 0 Å². The lowest BCUT2D eigenvalue weighted by Crippen LogP contribution is -2.05. The maximum atomic E-state index is 11.1. The molecule has 0 saturated carbocycles. The summed E-state index contributed by atoms with van der Waals surface area (Å²) in [6.45, 7) is 7.73. The van der Waals surface area contributed by atoms with Crippen molar-refractivity contribution < 1.29 is 13.6 Å². The number of hydrogen-bond acceptors (Lipinski definition) is 3. The highest BCUT2D eigenvalue weighted by molar-refractivity contribution is 7.33. The lowest BCUT2D eigenvalue weighted by atomic mass is 10.3. The molecule has 0 aromatic rings. The normalized spacial score (nSPS) is 17.2. The van der Waals surface area contributed by atoms with Crippen LogP contribution in [0.2, 0.25) is 0 Å². The fourth-order valence-corrected chi connectivity index (χ4v) is 1.40. The molecule has 0 aliphatic rings. The lowest BCUT2D eigenvalue weighted by Gasteiger charge is -2.11. The highest BCUT2D eigenvalue weighted by Crippen LogP contribution is 2.29. The fourth-order valence-electron chi connectivity index (χ4n) is 0.468. The first-order valence-corrected chi connectivity index (χ1v) is 5.50. The van der Waals surface area contributed by atoms with E-state index < -0.39 is 8.25 Å². The van der Waals surface area contributed by atoms with E-state index in [4.69, 9.17) is 9.05 Å². The van der Waals surface area contributed by atoms with Crippen LogP contribution in [-0.4, -0.2) is 12.2 Å². The zero-order valence-electron chi connectivity index (χ0n) is 8.24. The van der Waals surface area contributed by atoms with Crippen molar-refractivity contribution in [1.82, 2.24) is 0 Å². The summed E-state index contributed by atoms with van der Waals surface area (Å²) >= 11 is 0. The van der Waals surface area contributed by atoms with Gasteiger partial charge in [0.05, 0.1) is 12.2 Å².